The molecule has 0 amide bonds. The van der Waals surface area contributed by atoms with Crippen molar-refractivity contribution < 1.29 is 8.42 Å². The van der Waals surface area contributed by atoms with Crippen LogP contribution in [0.15, 0.2) is 52.7 Å². The van der Waals surface area contributed by atoms with Crippen LogP contribution in [0.5, 0.6) is 0 Å². The monoisotopic (exact) mass is 384 g/mol. The molecule has 27 heavy (non-hydrogen) atoms. The lowest BCUT2D eigenvalue weighted by atomic mass is 10.2. The molecule has 4 aromatic rings. The first-order valence-corrected chi connectivity index (χ1v) is 9.96. The van der Waals surface area contributed by atoms with E-state index in [0.717, 1.165) is 17.4 Å². The second kappa shape index (κ2) is 6.16. The number of aromatic amines is 1. The van der Waals surface area contributed by atoms with Crippen LogP contribution in [0.4, 0.5) is 0 Å². The number of fused-ring (bicyclic) bond motifs is 1. The largest absolute Gasteiger partial charge is 0.320 e. The van der Waals surface area contributed by atoms with Crippen molar-refractivity contribution in [3.05, 3.63) is 64.5 Å². The van der Waals surface area contributed by atoms with Crippen LogP contribution in [0.25, 0.3) is 17.1 Å². The molecular weight excluding hydrogens is 368 g/mol. The number of hydrogen-bond acceptors (Lipinski definition) is 6. The highest BCUT2D eigenvalue weighted by Gasteiger charge is 2.13. The Morgan fingerprint density at radius 2 is 1.93 bits per heavy atom. The van der Waals surface area contributed by atoms with Gasteiger partial charge >= 0.3 is 0 Å². The van der Waals surface area contributed by atoms with Crippen LogP contribution in [-0.4, -0.2) is 44.0 Å². The highest BCUT2D eigenvalue weighted by Crippen LogP contribution is 2.14. The molecule has 0 atom stereocenters. The minimum absolute atomic E-state index is 0.250. The van der Waals surface area contributed by atoms with Gasteiger partial charge in [-0.15, -0.1) is 0 Å². The van der Waals surface area contributed by atoms with Crippen LogP contribution in [-0.2, 0) is 16.4 Å². The topological polar surface area (TPSA) is 116 Å². The quantitative estimate of drug-likeness (QED) is 0.563. The van der Waals surface area contributed by atoms with Gasteiger partial charge in [-0.3, -0.25) is 9.78 Å². The third kappa shape index (κ3) is 3.26. The van der Waals surface area contributed by atoms with Crippen LogP contribution in [0.1, 0.15) is 11.1 Å². The molecule has 0 aliphatic carbocycles. The first-order valence-electron chi connectivity index (χ1n) is 8.07. The first kappa shape index (κ1) is 17.2. The fourth-order valence-electron chi connectivity index (χ4n) is 2.77. The number of rotatable bonds is 4. The number of sulfone groups is 1. The summed E-state index contributed by atoms with van der Waals surface area (Å²) in [6, 6.07) is 6.52. The molecule has 138 valence electrons. The Morgan fingerprint density at radius 1 is 1.19 bits per heavy atom. The molecule has 0 spiro atoms. The molecule has 0 aliphatic heterocycles. The molecular formula is C17H16N6O3S. The van der Waals surface area contributed by atoms with Crippen molar-refractivity contribution in [2.24, 2.45) is 0 Å². The molecule has 0 bridgehead atoms. The normalized spacial score (nSPS) is 11.9. The number of aromatic nitrogens is 6. The maximum Gasteiger partial charge on any atom is 0.278 e. The van der Waals surface area contributed by atoms with Crippen molar-refractivity contribution in [2.75, 3.05) is 6.26 Å². The van der Waals surface area contributed by atoms with Crippen molar-refractivity contribution >= 4 is 21.0 Å². The molecule has 0 saturated carbocycles. The Morgan fingerprint density at radius 3 is 2.56 bits per heavy atom. The van der Waals surface area contributed by atoms with E-state index in [1.165, 1.54) is 11.0 Å². The zero-order valence-electron chi connectivity index (χ0n) is 14.6. The molecule has 10 heteroatoms. The summed E-state index contributed by atoms with van der Waals surface area (Å²) < 4.78 is 26.3. The van der Waals surface area contributed by atoms with Crippen molar-refractivity contribution in [3.8, 4) is 5.95 Å². The van der Waals surface area contributed by atoms with Gasteiger partial charge in [0.25, 0.3) is 5.56 Å². The SMILES string of the molecule is Cc1cnn(-c2nc3ncn(Cc4ccc(S(C)(=O)=O)cc4)c3c(=O)[nH]2)c1. The maximum absolute atomic E-state index is 12.6. The summed E-state index contributed by atoms with van der Waals surface area (Å²) in [6.45, 7) is 2.26. The van der Waals surface area contributed by atoms with E-state index >= 15 is 0 Å². The number of nitrogens with zero attached hydrogens (tertiary/aromatic N) is 5. The van der Waals surface area contributed by atoms with Crippen LogP contribution in [0.2, 0.25) is 0 Å². The Balaban J connectivity index is 1.70. The van der Waals surface area contributed by atoms with Gasteiger partial charge in [0, 0.05) is 19.0 Å². The van der Waals surface area contributed by atoms with Crippen molar-refractivity contribution in [2.45, 2.75) is 18.4 Å². The lowest BCUT2D eigenvalue weighted by Gasteiger charge is -2.06. The highest BCUT2D eigenvalue weighted by molar-refractivity contribution is 7.90. The number of H-pyrrole nitrogens is 1. The minimum Gasteiger partial charge on any atom is -0.320 e. The van der Waals surface area contributed by atoms with Gasteiger partial charge in [-0.05, 0) is 30.2 Å². The van der Waals surface area contributed by atoms with Gasteiger partial charge in [0.1, 0.15) is 0 Å². The third-order valence-electron chi connectivity index (χ3n) is 4.10. The van der Waals surface area contributed by atoms with Crippen molar-refractivity contribution in [1.29, 1.82) is 0 Å². The predicted molar refractivity (Wildman–Crippen MR) is 98.7 cm³/mol. The van der Waals surface area contributed by atoms with Gasteiger partial charge in [-0.1, -0.05) is 12.1 Å². The minimum atomic E-state index is -3.24. The average molecular weight is 384 g/mol. The van der Waals surface area contributed by atoms with E-state index in [9.17, 15) is 13.2 Å². The smallest absolute Gasteiger partial charge is 0.278 e. The van der Waals surface area contributed by atoms with Gasteiger partial charge in [-0.2, -0.15) is 10.1 Å². The summed E-state index contributed by atoms with van der Waals surface area (Å²) >= 11 is 0. The summed E-state index contributed by atoms with van der Waals surface area (Å²) in [7, 11) is -3.24. The first-order chi connectivity index (χ1) is 12.8. The van der Waals surface area contributed by atoms with Crippen LogP contribution < -0.4 is 5.56 Å². The summed E-state index contributed by atoms with van der Waals surface area (Å²) in [5.41, 5.74) is 2.12. The van der Waals surface area contributed by atoms with E-state index in [-0.39, 0.29) is 10.5 Å². The molecule has 0 fully saturated rings. The van der Waals surface area contributed by atoms with Gasteiger partial charge in [0.15, 0.2) is 21.0 Å². The van der Waals surface area contributed by atoms with E-state index in [0.29, 0.717) is 23.7 Å². The third-order valence-corrected chi connectivity index (χ3v) is 5.23. The molecule has 4 rings (SSSR count). The standard InChI is InChI=1S/C17H16N6O3S/c1-11-7-19-23(8-11)17-20-15-14(16(24)21-17)22(10-18-15)9-12-3-5-13(6-4-12)27(2,25)26/h3-8,10H,9H2,1-2H3,(H,20,21,24). The maximum atomic E-state index is 12.6. The van der Waals surface area contributed by atoms with Crippen LogP contribution >= 0.6 is 0 Å². The second-order valence-corrected chi connectivity index (χ2v) is 8.33. The predicted octanol–water partition coefficient (Wildman–Crippen LogP) is 1.07. The van der Waals surface area contributed by atoms with E-state index in [1.807, 2.05) is 6.92 Å². The Hall–Kier alpha value is -3.27. The summed E-state index contributed by atoms with van der Waals surface area (Å²) in [6.07, 6.45) is 6.12. The van der Waals surface area contributed by atoms with Gasteiger partial charge < -0.3 is 4.57 Å². The summed E-state index contributed by atoms with van der Waals surface area (Å²) in [5, 5.41) is 4.14. The molecule has 1 N–H and O–H groups in total. The molecule has 3 aromatic heterocycles. The van der Waals surface area contributed by atoms with Crippen molar-refractivity contribution in [1.82, 2.24) is 29.3 Å². The van der Waals surface area contributed by atoms with E-state index in [2.05, 4.69) is 20.1 Å². The van der Waals surface area contributed by atoms with Crippen molar-refractivity contribution in [3.63, 3.8) is 0 Å². The van der Waals surface area contributed by atoms with E-state index in [1.54, 1.807) is 41.2 Å². The number of hydrogen-bond donors (Lipinski definition) is 1. The molecule has 1 aromatic carbocycles. The number of imidazole rings is 1. The summed E-state index contributed by atoms with van der Waals surface area (Å²) in [5.74, 6) is 0.295. The van der Waals surface area contributed by atoms with Crippen LogP contribution in [0, 0.1) is 6.92 Å². The lowest BCUT2D eigenvalue weighted by molar-refractivity contribution is 0.602. The summed E-state index contributed by atoms with van der Waals surface area (Å²) in [4.78, 5) is 24.1. The highest BCUT2D eigenvalue weighted by atomic mass is 32.2. The average Bonchev–Trinajstić information content (AvgIpc) is 3.21. The van der Waals surface area contributed by atoms with Gasteiger partial charge in [-0.25, -0.2) is 18.1 Å². The molecule has 0 radical (unpaired) electrons. The molecule has 0 aliphatic rings. The lowest BCUT2D eigenvalue weighted by Crippen LogP contribution is -2.16. The Bertz CT molecular complexity index is 1300. The second-order valence-electron chi connectivity index (χ2n) is 6.31. The van der Waals surface area contributed by atoms with E-state index in [4.69, 9.17) is 0 Å². The van der Waals surface area contributed by atoms with Gasteiger partial charge in [0.05, 0.1) is 17.4 Å². The zero-order chi connectivity index (χ0) is 19.2. The molecule has 3 heterocycles. The Kier molecular flexibility index (Phi) is 3.92. The number of aryl methyl sites for hydroxylation is 1. The molecule has 0 unspecified atom stereocenters. The van der Waals surface area contributed by atoms with Gasteiger partial charge in [0.2, 0.25) is 5.95 Å². The number of nitrogens with one attached hydrogen (secondary N) is 1. The molecule has 0 saturated heterocycles. The molecule has 9 nitrogen and oxygen atoms in total. The fraction of sp³-hybridized carbons (Fsp3) is 0.176. The van der Waals surface area contributed by atoms with E-state index < -0.39 is 9.84 Å². The fourth-order valence-corrected chi connectivity index (χ4v) is 3.40. The van der Waals surface area contributed by atoms with Crippen LogP contribution in [0.3, 0.4) is 0 Å². The Labute approximate surface area is 154 Å². The zero-order valence-corrected chi connectivity index (χ0v) is 15.4. The number of benzene rings is 1.